The summed E-state index contributed by atoms with van der Waals surface area (Å²) in [6.07, 6.45) is 0. The van der Waals surface area contributed by atoms with Crippen LogP contribution in [-0.4, -0.2) is 22.1 Å². The lowest BCUT2D eigenvalue weighted by molar-refractivity contribution is 0.258. The van der Waals surface area contributed by atoms with Crippen molar-refractivity contribution in [2.75, 3.05) is 7.05 Å². The largest absolute Gasteiger partial charge is 0.338 e. The monoisotopic (exact) mass is 389 g/mol. The van der Waals surface area contributed by atoms with Crippen LogP contribution in [0, 0.1) is 12.7 Å². The standard InChI is InChI=1S/C18H17BrFN3O/c1-12-4-3-5-13(8-12)18-21-17(24-22-18)11-23(2)10-14-9-15(19)6-7-16(14)20/h3-9H,10-11H2,1-2H3. The molecule has 0 bridgehead atoms. The first kappa shape index (κ1) is 16.8. The van der Waals surface area contributed by atoms with Crippen molar-refractivity contribution in [2.24, 2.45) is 0 Å². The molecule has 0 spiro atoms. The Morgan fingerprint density at radius 3 is 2.79 bits per heavy atom. The van der Waals surface area contributed by atoms with Gasteiger partial charge in [-0.25, -0.2) is 4.39 Å². The Hall–Kier alpha value is -2.05. The van der Waals surface area contributed by atoms with Gasteiger partial charge in [0.15, 0.2) is 0 Å². The second-order valence-electron chi connectivity index (χ2n) is 5.79. The van der Waals surface area contributed by atoms with Crippen molar-refractivity contribution < 1.29 is 8.91 Å². The van der Waals surface area contributed by atoms with Gasteiger partial charge in [-0.3, -0.25) is 4.90 Å². The Bertz CT molecular complexity index is 850. The Balaban J connectivity index is 1.69. The van der Waals surface area contributed by atoms with Crippen molar-refractivity contribution in [1.29, 1.82) is 0 Å². The van der Waals surface area contributed by atoms with Crippen molar-refractivity contribution in [1.82, 2.24) is 15.0 Å². The number of aryl methyl sites for hydroxylation is 1. The molecule has 0 saturated carbocycles. The molecule has 0 amide bonds. The molecule has 1 heterocycles. The van der Waals surface area contributed by atoms with Crippen molar-refractivity contribution in [3.8, 4) is 11.4 Å². The van der Waals surface area contributed by atoms with Gasteiger partial charge in [0.25, 0.3) is 0 Å². The van der Waals surface area contributed by atoms with Gasteiger partial charge in [-0.2, -0.15) is 4.98 Å². The summed E-state index contributed by atoms with van der Waals surface area (Å²) in [4.78, 5) is 6.35. The highest BCUT2D eigenvalue weighted by Crippen LogP contribution is 2.19. The maximum Gasteiger partial charge on any atom is 0.241 e. The summed E-state index contributed by atoms with van der Waals surface area (Å²) in [6, 6.07) is 12.9. The molecular weight excluding hydrogens is 373 g/mol. The number of benzene rings is 2. The smallest absolute Gasteiger partial charge is 0.241 e. The van der Waals surface area contributed by atoms with Gasteiger partial charge in [0.1, 0.15) is 5.82 Å². The van der Waals surface area contributed by atoms with E-state index in [2.05, 4.69) is 26.1 Å². The Morgan fingerprint density at radius 1 is 1.17 bits per heavy atom. The topological polar surface area (TPSA) is 42.2 Å². The molecule has 0 saturated heterocycles. The highest BCUT2D eigenvalue weighted by molar-refractivity contribution is 9.10. The van der Waals surface area contributed by atoms with E-state index in [1.54, 1.807) is 12.1 Å². The average molecular weight is 390 g/mol. The fourth-order valence-electron chi connectivity index (χ4n) is 2.46. The van der Waals surface area contributed by atoms with Crippen LogP contribution in [0.2, 0.25) is 0 Å². The average Bonchev–Trinajstić information content (AvgIpc) is 2.99. The van der Waals surface area contributed by atoms with E-state index in [-0.39, 0.29) is 5.82 Å². The van der Waals surface area contributed by atoms with Gasteiger partial charge >= 0.3 is 0 Å². The quantitative estimate of drug-likeness (QED) is 0.640. The molecule has 0 radical (unpaired) electrons. The van der Waals surface area contributed by atoms with E-state index in [0.29, 0.717) is 30.4 Å². The molecule has 4 nitrogen and oxygen atoms in total. The Morgan fingerprint density at radius 2 is 2.00 bits per heavy atom. The summed E-state index contributed by atoms with van der Waals surface area (Å²) >= 11 is 3.36. The summed E-state index contributed by atoms with van der Waals surface area (Å²) in [5.74, 6) is 0.844. The first-order chi connectivity index (χ1) is 11.5. The van der Waals surface area contributed by atoms with E-state index in [4.69, 9.17) is 4.52 Å². The van der Waals surface area contributed by atoms with Gasteiger partial charge < -0.3 is 4.52 Å². The van der Waals surface area contributed by atoms with Crippen LogP contribution in [0.25, 0.3) is 11.4 Å². The first-order valence-electron chi connectivity index (χ1n) is 7.53. The van der Waals surface area contributed by atoms with Crippen molar-refractivity contribution in [2.45, 2.75) is 20.0 Å². The summed E-state index contributed by atoms with van der Waals surface area (Å²) in [6.45, 7) is 2.92. The summed E-state index contributed by atoms with van der Waals surface area (Å²) < 4.78 is 20.0. The van der Waals surface area contributed by atoms with Crippen molar-refractivity contribution in [3.05, 3.63) is 69.8 Å². The number of rotatable bonds is 5. The van der Waals surface area contributed by atoms with Crippen LogP contribution < -0.4 is 0 Å². The number of aromatic nitrogens is 2. The van der Waals surface area contributed by atoms with Crippen LogP contribution in [0.4, 0.5) is 4.39 Å². The van der Waals surface area contributed by atoms with E-state index < -0.39 is 0 Å². The molecule has 2 aromatic carbocycles. The molecule has 0 N–H and O–H groups in total. The number of hydrogen-bond acceptors (Lipinski definition) is 4. The molecule has 0 aliphatic carbocycles. The molecule has 0 fully saturated rings. The molecule has 24 heavy (non-hydrogen) atoms. The van der Waals surface area contributed by atoms with Gasteiger partial charge in [0, 0.05) is 22.1 Å². The molecule has 0 aliphatic heterocycles. The SMILES string of the molecule is Cc1cccc(-c2noc(CN(C)Cc3cc(Br)ccc3F)n2)c1. The number of halogens is 2. The highest BCUT2D eigenvalue weighted by atomic mass is 79.9. The third kappa shape index (κ3) is 4.07. The van der Waals surface area contributed by atoms with Crippen LogP contribution in [0.3, 0.4) is 0 Å². The van der Waals surface area contributed by atoms with Crippen LogP contribution >= 0.6 is 15.9 Å². The van der Waals surface area contributed by atoms with Gasteiger partial charge in [-0.1, -0.05) is 44.8 Å². The summed E-state index contributed by atoms with van der Waals surface area (Å²) in [5.41, 5.74) is 2.68. The molecule has 124 valence electrons. The van der Waals surface area contributed by atoms with E-state index >= 15 is 0 Å². The zero-order valence-electron chi connectivity index (χ0n) is 13.5. The second kappa shape index (κ2) is 7.23. The lowest BCUT2D eigenvalue weighted by Crippen LogP contribution is -2.18. The molecule has 3 rings (SSSR count). The van der Waals surface area contributed by atoms with Crippen LogP contribution in [0.5, 0.6) is 0 Å². The lowest BCUT2D eigenvalue weighted by atomic mass is 10.1. The van der Waals surface area contributed by atoms with Crippen molar-refractivity contribution in [3.63, 3.8) is 0 Å². The normalized spacial score (nSPS) is 11.2. The molecule has 0 aliphatic rings. The maximum atomic E-state index is 13.8. The third-order valence-corrected chi connectivity index (χ3v) is 4.09. The summed E-state index contributed by atoms with van der Waals surface area (Å²) in [7, 11) is 1.89. The minimum atomic E-state index is -0.226. The molecule has 6 heteroatoms. The maximum absolute atomic E-state index is 13.8. The summed E-state index contributed by atoms with van der Waals surface area (Å²) in [5, 5.41) is 4.02. The van der Waals surface area contributed by atoms with Crippen LogP contribution in [-0.2, 0) is 13.1 Å². The van der Waals surface area contributed by atoms with Crippen LogP contribution in [0.1, 0.15) is 17.0 Å². The van der Waals surface area contributed by atoms with E-state index in [1.807, 2.05) is 43.1 Å². The minimum Gasteiger partial charge on any atom is -0.338 e. The Kier molecular flexibility index (Phi) is 5.06. The Labute approximate surface area is 148 Å². The van der Waals surface area contributed by atoms with Crippen LogP contribution in [0.15, 0.2) is 51.5 Å². The van der Waals surface area contributed by atoms with Gasteiger partial charge in [0.2, 0.25) is 11.7 Å². The minimum absolute atomic E-state index is 0.226. The van der Waals surface area contributed by atoms with Gasteiger partial charge in [0.05, 0.1) is 6.54 Å². The predicted octanol–water partition coefficient (Wildman–Crippen LogP) is 4.58. The van der Waals surface area contributed by atoms with Gasteiger partial charge in [-0.05, 0) is 38.2 Å². The fourth-order valence-corrected chi connectivity index (χ4v) is 2.87. The molecule has 1 aromatic heterocycles. The molecule has 0 atom stereocenters. The second-order valence-corrected chi connectivity index (χ2v) is 6.70. The first-order valence-corrected chi connectivity index (χ1v) is 8.32. The van der Waals surface area contributed by atoms with E-state index in [0.717, 1.165) is 15.6 Å². The van der Waals surface area contributed by atoms with E-state index in [9.17, 15) is 4.39 Å². The highest BCUT2D eigenvalue weighted by Gasteiger charge is 2.12. The number of hydrogen-bond donors (Lipinski definition) is 0. The number of nitrogens with zero attached hydrogens (tertiary/aromatic N) is 3. The van der Waals surface area contributed by atoms with E-state index in [1.165, 1.54) is 6.07 Å². The molecule has 0 unspecified atom stereocenters. The van der Waals surface area contributed by atoms with Gasteiger partial charge in [-0.15, -0.1) is 0 Å². The van der Waals surface area contributed by atoms with Crippen molar-refractivity contribution >= 4 is 15.9 Å². The lowest BCUT2D eigenvalue weighted by Gasteiger charge is -2.14. The predicted molar refractivity (Wildman–Crippen MR) is 93.7 cm³/mol. The third-order valence-electron chi connectivity index (χ3n) is 3.60. The fraction of sp³-hybridized carbons (Fsp3) is 0.222. The molecule has 3 aromatic rings. The zero-order valence-corrected chi connectivity index (χ0v) is 15.0. The zero-order chi connectivity index (χ0) is 17.1. The molecular formula is C18H17BrFN3O.